The first-order valence-corrected chi connectivity index (χ1v) is 7.41. The van der Waals surface area contributed by atoms with Gasteiger partial charge in [0.05, 0.1) is 40.5 Å². The Morgan fingerprint density at radius 1 is 1.40 bits per heavy atom. The number of aromatic nitrogens is 3. The van der Waals surface area contributed by atoms with Gasteiger partial charge in [0.25, 0.3) is 0 Å². The van der Waals surface area contributed by atoms with Crippen LogP contribution in [0.15, 0.2) is 42.4 Å². The molecule has 20 heavy (non-hydrogen) atoms. The molecule has 0 aliphatic rings. The zero-order valence-electron chi connectivity index (χ0n) is 10.9. The van der Waals surface area contributed by atoms with Crippen molar-refractivity contribution in [2.75, 3.05) is 5.32 Å². The molecule has 3 aromatic rings. The molecular weight excluding hydrogens is 292 g/mol. The first kappa shape index (κ1) is 13.1. The Bertz CT molecular complexity index is 706. The van der Waals surface area contributed by atoms with Crippen molar-refractivity contribution in [1.29, 1.82) is 0 Å². The van der Waals surface area contributed by atoms with Gasteiger partial charge >= 0.3 is 0 Å². The Labute approximate surface area is 126 Å². The summed E-state index contributed by atoms with van der Waals surface area (Å²) < 4.78 is 1.91. The summed E-state index contributed by atoms with van der Waals surface area (Å²) in [4.78, 5) is 9.55. The number of nitrogens with zero attached hydrogens (tertiary/aromatic N) is 3. The molecule has 6 heteroatoms. The van der Waals surface area contributed by atoms with Crippen molar-refractivity contribution in [3.63, 3.8) is 0 Å². The fraction of sp³-hybridized carbons (Fsp3) is 0.143. The standard InChI is InChI=1S/C14H13ClN4S/c1-10-13(20-9-18-10)7-17-12-4-2-3-11(15)14(12)19-6-5-16-8-19/h2-6,8-9,17H,7H2,1H3. The van der Waals surface area contributed by atoms with Crippen LogP contribution in [0.25, 0.3) is 5.69 Å². The molecular formula is C14H13ClN4S. The lowest BCUT2D eigenvalue weighted by molar-refractivity contribution is 1.04. The topological polar surface area (TPSA) is 42.7 Å². The lowest BCUT2D eigenvalue weighted by atomic mass is 10.2. The van der Waals surface area contributed by atoms with Crippen molar-refractivity contribution in [3.05, 3.63) is 58.0 Å². The molecule has 0 amide bonds. The van der Waals surface area contributed by atoms with E-state index < -0.39 is 0 Å². The molecule has 0 aliphatic carbocycles. The molecule has 102 valence electrons. The van der Waals surface area contributed by atoms with Crippen LogP contribution < -0.4 is 5.32 Å². The minimum Gasteiger partial charge on any atom is -0.378 e. The van der Waals surface area contributed by atoms with Gasteiger partial charge in [-0.25, -0.2) is 9.97 Å². The van der Waals surface area contributed by atoms with E-state index >= 15 is 0 Å². The van der Waals surface area contributed by atoms with E-state index in [-0.39, 0.29) is 0 Å². The van der Waals surface area contributed by atoms with Gasteiger partial charge < -0.3 is 9.88 Å². The van der Waals surface area contributed by atoms with Crippen LogP contribution >= 0.6 is 22.9 Å². The molecule has 1 aromatic carbocycles. The maximum atomic E-state index is 6.31. The molecule has 2 aromatic heterocycles. The van der Waals surface area contributed by atoms with Gasteiger partial charge in [-0.3, -0.25) is 0 Å². The average molecular weight is 305 g/mol. The molecule has 4 nitrogen and oxygen atoms in total. The number of thiazole rings is 1. The van der Waals surface area contributed by atoms with Crippen molar-refractivity contribution < 1.29 is 0 Å². The quantitative estimate of drug-likeness (QED) is 0.795. The molecule has 0 saturated heterocycles. The van der Waals surface area contributed by atoms with Gasteiger partial charge in [0.1, 0.15) is 0 Å². The number of rotatable bonds is 4. The van der Waals surface area contributed by atoms with E-state index in [0.717, 1.165) is 23.6 Å². The summed E-state index contributed by atoms with van der Waals surface area (Å²) in [6.45, 7) is 2.75. The van der Waals surface area contributed by atoms with Crippen LogP contribution in [0.1, 0.15) is 10.6 Å². The molecule has 3 rings (SSSR count). The van der Waals surface area contributed by atoms with Crippen molar-refractivity contribution in [2.24, 2.45) is 0 Å². The lowest BCUT2D eigenvalue weighted by Gasteiger charge is -2.13. The third-order valence-electron chi connectivity index (χ3n) is 3.03. The van der Waals surface area contributed by atoms with Gasteiger partial charge in [-0.1, -0.05) is 17.7 Å². The second-order valence-corrected chi connectivity index (χ2v) is 5.67. The normalized spacial score (nSPS) is 10.7. The minimum absolute atomic E-state index is 0.689. The summed E-state index contributed by atoms with van der Waals surface area (Å²) in [5.41, 5.74) is 4.81. The van der Waals surface area contributed by atoms with Crippen LogP contribution in [-0.4, -0.2) is 14.5 Å². The molecule has 0 atom stereocenters. The van der Waals surface area contributed by atoms with Crippen LogP contribution in [-0.2, 0) is 6.54 Å². The fourth-order valence-corrected chi connectivity index (χ4v) is 2.97. The fourth-order valence-electron chi connectivity index (χ4n) is 1.98. The molecule has 0 bridgehead atoms. The van der Waals surface area contributed by atoms with Gasteiger partial charge in [0.2, 0.25) is 0 Å². The van der Waals surface area contributed by atoms with Crippen molar-refractivity contribution in [3.8, 4) is 5.69 Å². The number of para-hydroxylation sites is 1. The SMILES string of the molecule is Cc1ncsc1CNc1cccc(Cl)c1-n1ccnc1. The number of nitrogens with one attached hydrogen (secondary N) is 1. The maximum absolute atomic E-state index is 6.31. The summed E-state index contributed by atoms with van der Waals surface area (Å²) in [7, 11) is 0. The highest BCUT2D eigenvalue weighted by Crippen LogP contribution is 2.29. The molecule has 0 aliphatic heterocycles. The number of imidazole rings is 1. The van der Waals surface area contributed by atoms with Gasteiger partial charge in [-0.2, -0.15) is 0 Å². The van der Waals surface area contributed by atoms with Crippen molar-refractivity contribution in [2.45, 2.75) is 13.5 Å². The number of hydrogen-bond acceptors (Lipinski definition) is 4. The van der Waals surface area contributed by atoms with Gasteiger partial charge in [0, 0.05) is 17.3 Å². The zero-order valence-corrected chi connectivity index (χ0v) is 12.4. The summed E-state index contributed by atoms with van der Waals surface area (Å²) in [6.07, 6.45) is 5.36. The number of aryl methyl sites for hydroxylation is 1. The number of halogens is 1. The smallest absolute Gasteiger partial charge is 0.0992 e. The highest BCUT2D eigenvalue weighted by Gasteiger charge is 2.09. The van der Waals surface area contributed by atoms with E-state index in [0.29, 0.717) is 5.02 Å². The number of anilines is 1. The van der Waals surface area contributed by atoms with Crippen LogP contribution in [0.2, 0.25) is 5.02 Å². The Morgan fingerprint density at radius 2 is 2.30 bits per heavy atom. The molecule has 0 saturated carbocycles. The van der Waals surface area contributed by atoms with E-state index in [2.05, 4.69) is 15.3 Å². The predicted octanol–water partition coefficient (Wildman–Crippen LogP) is 3.90. The molecule has 0 radical (unpaired) electrons. The Balaban J connectivity index is 1.90. The maximum Gasteiger partial charge on any atom is 0.0992 e. The summed E-state index contributed by atoms with van der Waals surface area (Å²) >= 11 is 7.96. The monoisotopic (exact) mass is 304 g/mol. The van der Waals surface area contributed by atoms with Crippen LogP contribution in [0, 0.1) is 6.92 Å². The summed E-state index contributed by atoms with van der Waals surface area (Å²) in [5, 5.41) is 4.11. The van der Waals surface area contributed by atoms with Crippen molar-refractivity contribution in [1.82, 2.24) is 14.5 Å². The van der Waals surface area contributed by atoms with E-state index in [1.807, 2.05) is 41.4 Å². The third kappa shape index (κ3) is 2.55. The number of benzene rings is 1. The Morgan fingerprint density at radius 3 is 3.00 bits per heavy atom. The van der Waals surface area contributed by atoms with Crippen LogP contribution in [0.4, 0.5) is 5.69 Å². The van der Waals surface area contributed by atoms with Gasteiger partial charge in [-0.15, -0.1) is 11.3 Å². The molecule has 0 unspecified atom stereocenters. The number of hydrogen-bond donors (Lipinski definition) is 1. The predicted molar refractivity (Wildman–Crippen MR) is 82.8 cm³/mol. The second kappa shape index (κ2) is 5.64. The molecule has 0 fully saturated rings. The Hall–Kier alpha value is -1.85. The average Bonchev–Trinajstić information content (AvgIpc) is 3.08. The zero-order chi connectivity index (χ0) is 13.9. The van der Waals surface area contributed by atoms with Gasteiger partial charge in [-0.05, 0) is 19.1 Å². The van der Waals surface area contributed by atoms with E-state index in [9.17, 15) is 0 Å². The highest BCUT2D eigenvalue weighted by atomic mass is 35.5. The first-order chi connectivity index (χ1) is 9.75. The van der Waals surface area contributed by atoms with E-state index in [4.69, 9.17) is 11.6 Å². The molecule has 1 N–H and O–H groups in total. The molecule has 0 spiro atoms. The highest BCUT2D eigenvalue weighted by molar-refractivity contribution is 7.09. The van der Waals surface area contributed by atoms with Crippen molar-refractivity contribution >= 4 is 28.6 Å². The first-order valence-electron chi connectivity index (χ1n) is 6.15. The Kier molecular flexibility index (Phi) is 3.71. The van der Waals surface area contributed by atoms with E-state index in [1.54, 1.807) is 23.9 Å². The second-order valence-electron chi connectivity index (χ2n) is 4.32. The largest absolute Gasteiger partial charge is 0.378 e. The summed E-state index contributed by atoms with van der Waals surface area (Å²) in [5.74, 6) is 0. The van der Waals surface area contributed by atoms with Crippen LogP contribution in [0.5, 0.6) is 0 Å². The summed E-state index contributed by atoms with van der Waals surface area (Å²) in [6, 6.07) is 5.82. The van der Waals surface area contributed by atoms with Gasteiger partial charge in [0.15, 0.2) is 0 Å². The lowest BCUT2D eigenvalue weighted by Crippen LogP contribution is -2.04. The third-order valence-corrected chi connectivity index (χ3v) is 4.27. The minimum atomic E-state index is 0.689. The van der Waals surface area contributed by atoms with E-state index in [1.165, 1.54) is 4.88 Å². The van der Waals surface area contributed by atoms with Crippen LogP contribution in [0.3, 0.4) is 0 Å². The molecule has 2 heterocycles.